The van der Waals surface area contributed by atoms with E-state index in [1.807, 2.05) is 0 Å². The van der Waals surface area contributed by atoms with Crippen LogP contribution in [0.1, 0.15) is 361 Å². The Morgan fingerprint density at radius 3 is 0.762 bits per heavy atom. The third kappa shape index (κ3) is 65.7. The summed E-state index contributed by atoms with van der Waals surface area (Å²) in [6.45, 7) is 6.51. The Kier molecular flexibility index (Phi) is 65.7. The Balaban J connectivity index is 4.00. The van der Waals surface area contributed by atoms with Crippen molar-refractivity contribution in [1.29, 1.82) is 0 Å². The summed E-state index contributed by atoms with van der Waals surface area (Å²) in [5.74, 6) is -0.861. The molecule has 0 aliphatic rings. The van der Waals surface area contributed by atoms with Crippen LogP contribution >= 0.6 is 0 Å². The lowest BCUT2D eigenvalue weighted by Crippen LogP contribution is -2.30. The van der Waals surface area contributed by atoms with Crippen LogP contribution in [0.3, 0.4) is 0 Å². The maximum atomic E-state index is 12.9. The van der Waals surface area contributed by atoms with Crippen LogP contribution in [0.15, 0.2) is 72.9 Å². The summed E-state index contributed by atoms with van der Waals surface area (Å²) in [7, 11) is 0. The van der Waals surface area contributed by atoms with E-state index in [2.05, 4.69) is 93.7 Å². The molecule has 0 fully saturated rings. The minimum atomic E-state index is -0.771. The first-order valence-corrected chi connectivity index (χ1v) is 34.9. The van der Waals surface area contributed by atoms with Crippen molar-refractivity contribution in [2.24, 2.45) is 0 Å². The van der Waals surface area contributed by atoms with Crippen molar-refractivity contribution in [1.82, 2.24) is 0 Å². The number of carbonyl (C=O) groups excluding carboxylic acids is 3. The maximum absolute atomic E-state index is 12.9. The zero-order valence-corrected chi connectivity index (χ0v) is 53.3. The van der Waals surface area contributed by atoms with Crippen molar-refractivity contribution in [3.05, 3.63) is 72.9 Å². The number of carbonyl (C=O) groups is 3. The summed E-state index contributed by atoms with van der Waals surface area (Å²) in [6.07, 6.45) is 89.7. The van der Waals surface area contributed by atoms with Crippen LogP contribution < -0.4 is 0 Å². The van der Waals surface area contributed by atoms with Gasteiger partial charge in [-0.15, -0.1) is 0 Å². The molecule has 0 N–H and O–H groups in total. The van der Waals surface area contributed by atoms with Gasteiger partial charge >= 0.3 is 17.9 Å². The zero-order chi connectivity index (χ0) is 57.8. The minimum absolute atomic E-state index is 0.0708. The second kappa shape index (κ2) is 68.3. The van der Waals surface area contributed by atoms with Gasteiger partial charge in [0, 0.05) is 19.3 Å². The molecule has 0 aliphatic heterocycles. The lowest BCUT2D eigenvalue weighted by atomic mass is 10.0. The molecule has 0 spiro atoms. The van der Waals surface area contributed by atoms with Gasteiger partial charge in [0.1, 0.15) is 13.2 Å². The Labute approximate surface area is 497 Å². The molecule has 0 aromatic rings. The van der Waals surface area contributed by atoms with Gasteiger partial charge in [-0.05, 0) is 89.9 Å². The van der Waals surface area contributed by atoms with E-state index in [9.17, 15) is 14.4 Å². The first kappa shape index (κ1) is 76.9. The van der Waals surface area contributed by atoms with Gasteiger partial charge in [0.05, 0.1) is 0 Å². The first-order valence-electron chi connectivity index (χ1n) is 34.9. The predicted molar refractivity (Wildman–Crippen MR) is 348 cm³/mol. The Bertz CT molecular complexity index is 1470. The molecule has 1 unspecified atom stereocenters. The Morgan fingerprint density at radius 2 is 0.487 bits per heavy atom. The molecular weight excluding hydrogens is 985 g/mol. The van der Waals surface area contributed by atoms with Crippen LogP contribution in [-0.4, -0.2) is 37.2 Å². The van der Waals surface area contributed by atoms with Crippen molar-refractivity contribution in [3.8, 4) is 0 Å². The molecule has 6 heteroatoms. The quantitative estimate of drug-likeness (QED) is 0.0261. The molecule has 0 bridgehead atoms. The van der Waals surface area contributed by atoms with Crippen molar-refractivity contribution in [3.63, 3.8) is 0 Å². The highest BCUT2D eigenvalue weighted by molar-refractivity contribution is 5.71. The number of ether oxygens (including phenoxy) is 3. The molecule has 0 rings (SSSR count). The largest absolute Gasteiger partial charge is 0.462 e. The standard InChI is InChI=1S/C74H132O6/c1-4-7-10-13-16-18-20-22-24-26-28-30-32-34-36-37-39-40-42-44-46-48-50-52-54-56-58-61-64-67-73(76)79-70-71(69-78-72(75)66-63-60-15-12-9-6-3)80-74(77)68-65-62-59-57-55-53-51-49-47-45-43-41-38-35-33-31-29-27-25-23-21-19-17-14-11-8-5-2/h7,10,16,18,21-24,27-30,71H,4-6,8-9,11-15,17,19-20,25-26,31-70H2,1-3H3/b10-7-,18-16-,23-21-,24-22-,29-27-,30-28-. The van der Waals surface area contributed by atoms with Gasteiger partial charge in [-0.25, -0.2) is 0 Å². The predicted octanol–water partition coefficient (Wildman–Crippen LogP) is 24.1. The van der Waals surface area contributed by atoms with E-state index in [0.29, 0.717) is 19.3 Å². The molecular formula is C74H132O6. The molecule has 0 radical (unpaired) electrons. The number of allylic oxidation sites excluding steroid dienone is 12. The zero-order valence-electron chi connectivity index (χ0n) is 53.3. The van der Waals surface area contributed by atoms with Gasteiger partial charge in [0.25, 0.3) is 0 Å². The molecule has 1 atom stereocenters. The summed E-state index contributed by atoms with van der Waals surface area (Å²) in [5, 5.41) is 0. The van der Waals surface area contributed by atoms with E-state index in [-0.39, 0.29) is 31.1 Å². The van der Waals surface area contributed by atoms with Crippen LogP contribution in [0.2, 0.25) is 0 Å². The number of hydrogen-bond donors (Lipinski definition) is 0. The molecule has 0 aromatic carbocycles. The van der Waals surface area contributed by atoms with Crippen LogP contribution in [0.5, 0.6) is 0 Å². The number of unbranched alkanes of at least 4 members (excludes halogenated alkanes) is 41. The smallest absolute Gasteiger partial charge is 0.306 e. The Morgan fingerprint density at radius 1 is 0.263 bits per heavy atom. The van der Waals surface area contributed by atoms with Gasteiger partial charge in [-0.2, -0.15) is 0 Å². The van der Waals surface area contributed by atoms with Crippen molar-refractivity contribution in [2.45, 2.75) is 367 Å². The van der Waals surface area contributed by atoms with Gasteiger partial charge in [0.15, 0.2) is 6.10 Å². The van der Waals surface area contributed by atoms with Crippen molar-refractivity contribution < 1.29 is 28.6 Å². The highest BCUT2D eigenvalue weighted by Gasteiger charge is 2.19. The number of esters is 3. The van der Waals surface area contributed by atoms with E-state index in [1.165, 1.54) is 231 Å². The lowest BCUT2D eigenvalue weighted by Gasteiger charge is -2.18. The maximum Gasteiger partial charge on any atom is 0.306 e. The van der Waals surface area contributed by atoms with Gasteiger partial charge in [-0.1, -0.05) is 325 Å². The summed E-state index contributed by atoms with van der Waals surface area (Å²) in [6, 6.07) is 0. The normalized spacial score (nSPS) is 12.5. The van der Waals surface area contributed by atoms with E-state index in [0.717, 1.165) is 89.9 Å². The molecule has 0 saturated heterocycles. The van der Waals surface area contributed by atoms with Crippen molar-refractivity contribution in [2.75, 3.05) is 13.2 Å². The van der Waals surface area contributed by atoms with E-state index >= 15 is 0 Å². The average Bonchev–Trinajstić information content (AvgIpc) is 3.46. The second-order valence-electron chi connectivity index (χ2n) is 23.4. The fraction of sp³-hybridized carbons (Fsp3) is 0.797. The highest BCUT2D eigenvalue weighted by atomic mass is 16.6. The summed E-state index contributed by atoms with van der Waals surface area (Å²) >= 11 is 0. The van der Waals surface area contributed by atoms with E-state index in [1.54, 1.807) is 0 Å². The van der Waals surface area contributed by atoms with E-state index in [4.69, 9.17) is 14.2 Å². The third-order valence-corrected chi connectivity index (χ3v) is 15.4. The second-order valence-corrected chi connectivity index (χ2v) is 23.4. The number of rotatable bonds is 64. The minimum Gasteiger partial charge on any atom is -0.462 e. The first-order chi connectivity index (χ1) is 39.5. The summed E-state index contributed by atoms with van der Waals surface area (Å²) in [5.41, 5.74) is 0. The van der Waals surface area contributed by atoms with Crippen LogP contribution in [0, 0.1) is 0 Å². The average molecular weight is 1120 g/mol. The molecule has 0 saturated carbocycles. The van der Waals surface area contributed by atoms with Crippen LogP contribution in [0.4, 0.5) is 0 Å². The third-order valence-electron chi connectivity index (χ3n) is 15.4. The number of hydrogen-bond acceptors (Lipinski definition) is 6. The van der Waals surface area contributed by atoms with Gasteiger partial charge in [0.2, 0.25) is 0 Å². The highest BCUT2D eigenvalue weighted by Crippen LogP contribution is 2.18. The Hall–Kier alpha value is -3.15. The fourth-order valence-electron chi connectivity index (χ4n) is 10.2. The molecule has 464 valence electrons. The van der Waals surface area contributed by atoms with Gasteiger partial charge in [-0.3, -0.25) is 14.4 Å². The van der Waals surface area contributed by atoms with Crippen LogP contribution in [0.25, 0.3) is 0 Å². The van der Waals surface area contributed by atoms with Gasteiger partial charge < -0.3 is 14.2 Å². The molecule has 0 amide bonds. The SMILES string of the molecule is CC/C=C\C/C=C\C/C=C\C/C=C\CCCCCCCCCCCCCCCCCCC(=O)OCC(COC(=O)CCCCCCCC)OC(=O)CCCCCCCCCCCCCCCCC/C=C\C/C=C\CCCCCCC. The monoisotopic (exact) mass is 1120 g/mol. The van der Waals surface area contributed by atoms with Crippen LogP contribution in [-0.2, 0) is 28.6 Å². The fourth-order valence-corrected chi connectivity index (χ4v) is 10.2. The molecule has 0 aliphatic carbocycles. The lowest BCUT2D eigenvalue weighted by molar-refractivity contribution is -0.167. The van der Waals surface area contributed by atoms with E-state index < -0.39 is 6.10 Å². The molecule has 0 heterocycles. The molecule has 6 nitrogen and oxygen atoms in total. The molecule has 0 aromatic heterocycles. The topological polar surface area (TPSA) is 78.9 Å². The summed E-state index contributed by atoms with van der Waals surface area (Å²) < 4.78 is 16.9. The van der Waals surface area contributed by atoms with Crippen molar-refractivity contribution >= 4 is 17.9 Å². The molecule has 80 heavy (non-hydrogen) atoms. The summed E-state index contributed by atoms with van der Waals surface area (Å²) in [4.78, 5) is 38.1.